The monoisotopic (exact) mass is 237 g/mol. The fourth-order valence-corrected chi connectivity index (χ4v) is 1.75. The Kier molecular flexibility index (Phi) is 3.28. The summed E-state index contributed by atoms with van der Waals surface area (Å²) in [4.78, 5) is 4.02. The molecule has 0 saturated heterocycles. The van der Waals surface area contributed by atoms with E-state index in [4.69, 9.17) is 10.5 Å². The van der Waals surface area contributed by atoms with Crippen LogP contribution in [0.15, 0.2) is 18.2 Å². The predicted molar refractivity (Wildman–Crippen MR) is 65.2 cm³/mol. The van der Waals surface area contributed by atoms with Crippen LogP contribution >= 0.6 is 0 Å². The predicted octanol–water partition coefficient (Wildman–Crippen LogP) is 2.18. The van der Waals surface area contributed by atoms with Crippen molar-refractivity contribution in [3.05, 3.63) is 24.0 Å². The molecule has 4 nitrogen and oxygen atoms in total. The topological polar surface area (TPSA) is 53.1 Å². The van der Waals surface area contributed by atoms with E-state index in [1.807, 2.05) is 13.8 Å². The molecule has 0 aliphatic rings. The molecule has 0 saturated carbocycles. The maximum absolute atomic E-state index is 13.5. The van der Waals surface area contributed by atoms with E-state index in [1.165, 1.54) is 6.07 Å². The number of benzene rings is 1. The molecule has 17 heavy (non-hydrogen) atoms. The molecule has 0 atom stereocenters. The third-order valence-corrected chi connectivity index (χ3v) is 2.53. The number of fused-ring (bicyclic) bond motifs is 1. The number of nitrogens with two attached hydrogens (primary N) is 1. The molecule has 1 aromatic carbocycles. The third kappa shape index (κ3) is 2.39. The van der Waals surface area contributed by atoms with E-state index in [9.17, 15) is 4.39 Å². The van der Waals surface area contributed by atoms with Gasteiger partial charge in [0.15, 0.2) is 5.82 Å². The Labute approximate surface area is 99.2 Å². The normalized spacial score (nSPS) is 11.5. The number of imidazole rings is 1. The number of nitrogens with zero attached hydrogens (tertiary/aromatic N) is 2. The quantitative estimate of drug-likeness (QED) is 0.886. The zero-order valence-electron chi connectivity index (χ0n) is 9.98. The average molecular weight is 237 g/mol. The van der Waals surface area contributed by atoms with E-state index in [0.717, 1.165) is 0 Å². The maximum Gasteiger partial charge on any atom is 0.201 e. The van der Waals surface area contributed by atoms with Crippen LogP contribution in [0.2, 0.25) is 0 Å². The lowest BCUT2D eigenvalue weighted by molar-refractivity contribution is 0.0735. The first kappa shape index (κ1) is 11.9. The van der Waals surface area contributed by atoms with Crippen LogP contribution in [0, 0.1) is 5.82 Å². The van der Waals surface area contributed by atoms with Gasteiger partial charge in [0, 0.05) is 6.54 Å². The van der Waals surface area contributed by atoms with Gasteiger partial charge < -0.3 is 15.0 Å². The minimum absolute atomic E-state index is 0.169. The van der Waals surface area contributed by atoms with Crippen molar-refractivity contribution in [2.24, 2.45) is 0 Å². The number of aromatic nitrogens is 2. The smallest absolute Gasteiger partial charge is 0.201 e. The summed E-state index contributed by atoms with van der Waals surface area (Å²) in [6, 6.07) is 4.83. The van der Waals surface area contributed by atoms with Crippen LogP contribution in [-0.2, 0) is 11.3 Å². The van der Waals surface area contributed by atoms with Crippen molar-refractivity contribution in [3.8, 4) is 0 Å². The van der Waals surface area contributed by atoms with Crippen molar-refractivity contribution < 1.29 is 9.13 Å². The summed E-state index contributed by atoms with van der Waals surface area (Å²) >= 11 is 0. The standard InChI is InChI=1S/C12H16FN3O/c1-8(2)17-7-6-16-10-5-3-4-9(13)11(10)15-12(16)14/h3-5,8H,6-7H2,1-2H3,(H2,14,15). The zero-order valence-corrected chi connectivity index (χ0v) is 9.98. The summed E-state index contributed by atoms with van der Waals surface area (Å²) in [5, 5.41) is 0. The van der Waals surface area contributed by atoms with E-state index < -0.39 is 0 Å². The number of hydrogen-bond acceptors (Lipinski definition) is 3. The van der Waals surface area contributed by atoms with Gasteiger partial charge in [-0.15, -0.1) is 0 Å². The summed E-state index contributed by atoms with van der Waals surface area (Å²) in [5.74, 6) is -0.0322. The molecule has 0 aliphatic heterocycles. The van der Waals surface area contributed by atoms with E-state index in [-0.39, 0.29) is 11.9 Å². The molecular weight excluding hydrogens is 221 g/mol. The second kappa shape index (κ2) is 4.71. The Bertz CT molecular complexity index is 522. The SMILES string of the molecule is CC(C)OCCn1c(N)nc2c(F)cccc21. The van der Waals surface area contributed by atoms with Crippen LogP contribution in [0.3, 0.4) is 0 Å². The van der Waals surface area contributed by atoms with Gasteiger partial charge in [0.25, 0.3) is 0 Å². The fourth-order valence-electron chi connectivity index (χ4n) is 1.75. The number of nitrogen functional groups attached to an aromatic ring is 1. The van der Waals surface area contributed by atoms with Crippen molar-refractivity contribution in [1.29, 1.82) is 0 Å². The Morgan fingerprint density at radius 2 is 2.24 bits per heavy atom. The molecule has 2 N–H and O–H groups in total. The van der Waals surface area contributed by atoms with E-state index in [0.29, 0.717) is 30.1 Å². The lowest BCUT2D eigenvalue weighted by Gasteiger charge is -2.09. The molecule has 0 aliphatic carbocycles. The molecule has 0 unspecified atom stereocenters. The molecule has 1 heterocycles. The highest BCUT2D eigenvalue weighted by atomic mass is 19.1. The third-order valence-electron chi connectivity index (χ3n) is 2.53. The molecule has 1 aromatic heterocycles. The average Bonchev–Trinajstić information content (AvgIpc) is 2.57. The minimum atomic E-state index is -0.349. The van der Waals surface area contributed by atoms with Gasteiger partial charge in [-0.3, -0.25) is 0 Å². The Hall–Kier alpha value is -1.62. The van der Waals surface area contributed by atoms with Crippen molar-refractivity contribution in [2.45, 2.75) is 26.5 Å². The highest BCUT2D eigenvalue weighted by molar-refractivity contribution is 5.78. The first-order chi connectivity index (χ1) is 8.09. The Morgan fingerprint density at radius 3 is 2.94 bits per heavy atom. The zero-order chi connectivity index (χ0) is 12.4. The number of anilines is 1. The minimum Gasteiger partial charge on any atom is -0.377 e. The molecule has 92 valence electrons. The largest absolute Gasteiger partial charge is 0.377 e. The second-order valence-corrected chi connectivity index (χ2v) is 4.15. The summed E-state index contributed by atoms with van der Waals surface area (Å²) in [6.45, 7) is 5.04. The van der Waals surface area contributed by atoms with Crippen molar-refractivity contribution in [2.75, 3.05) is 12.3 Å². The number of hydrogen-bond donors (Lipinski definition) is 1. The summed E-state index contributed by atoms with van der Waals surface area (Å²) in [7, 11) is 0. The van der Waals surface area contributed by atoms with Gasteiger partial charge in [-0.25, -0.2) is 9.37 Å². The molecule has 5 heteroatoms. The molecule has 0 fully saturated rings. The van der Waals surface area contributed by atoms with Crippen molar-refractivity contribution >= 4 is 17.0 Å². The summed E-state index contributed by atoms with van der Waals surface area (Å²) in [5.41, 5.74) is 6.79. The number of rotatable bonds is 4. The van der Waals surface area contributed by atoms with Crippen LogP contribution in [-0.4, -0.2) is 22.3 Å². The Balaban J connectivity index is 2.27. The lowest BCUT2D eigenvalue weighted by atomic mass is 10.3. The summed E-state index contributed by atoms with van der Waals surface area (Å²) < 4.78 is 20.7. The van der Waals surface area contributed by atoms with Gasteiger partial charge in [-0.05, 0) is 26.0 Å². The molecule has 0 radical (unpaired) electrons. The van der Waals surface area contributed by atoms with Crippen LogP contribution < -0.4 is 5.73 Å². The molecule has 0 spiro atoms. The maximum atomic E-state index is 13.5. The molecule has 2 rings (SSSR count). The van der Waals surface area contributed by atoms with E-state index >= 15 is 0 Å². The highest BCUT2D eigenvalue weighted by Gasteiger charge is 2.11. The van der Waals surface area contributed by atoms with Gasteiger partial charge >= 0.3 is 0 Å². The van der Waals surface area contributed by atoms with Gasteiger partial charge in [0.2, 0.25) is 5.95 Å². The van der Waals surface area contributed by atoms with Crippen molar-refractivity contribution in [3.63, 3.8) is 0 Å². The molecule has 0 bridgehead atoms. The fraction of sp³-hybridized carbons (Fsp3) is 0.417. The molecule has 0 amide bonds. The van der Waals surface area contributed by atoms with Crippen LogP contribution in [0.4, 0.5) is 10.3 Å². The van der Waals surface area contributed by atoms with Gasteiger partial charge in [0.1, 0.15) is 5.52 Å². The van der Waals surface area contributed by atoms with E-state index in [1.54, 1.807) is 16.7 Å². The van der Waals surface area contributed by atoms with Crippen LogP contribution in [0.5, 0.6) is 0 Å². The highest BCUT2D eigenvalue weighted by Crippen LogP contribution is 2.20. The summed E-state index contributed by atoms with van der Waals surface area (Å²) in [6.07, 6.45) is 0.169. The van der Waals surface area contributed by atoms with Gasteiger partial charge in [0.05, 0.1) is 18.2 Å². The first-order valence-electron chi connectivity index (χ1n) is 5.61. The van der Waals surface area contributed by atoms with Crippen molar-refractivity contribution in [1.82, 2.24) is 9.55 Å². The lowest BCUT2D eigenvalue weighted by Crippen LogP contribution is -2.12. The van der Waals surface area contributed by atoms with E-state index in [2.05, 4.69) is 4.98 Å². The van der Waals surface area contributed by atoms with Crippen LogP contribution in [0.1, 0.15) is 13.8 Å². The first-order valence-corrected chi connectivity index (χ1v) is 5.61. The Morgan fingerprint density at radius 1 is 1.47 bits per heavy atom. The molecular formula is C12H16FN3O. The number of halogens is 1. The molecule has 2 aromatic rings. The van der Waals surface area contributed by atoms with Gasteiger partial charge in [-0.1, -0.05) is 6.07 Å². The number of para-hydroxylation sites is 1. The van der Waals surface area contributed by atoms with Crippen LogP contribution in [0.25, 0.3) is 11.0 Å². The second-order valence-electron chi connectivity index (χ2n) is 4.15. The van der Waals surface area contributed by atoms with Gasteiger partial charge in [-0.2, -0.15) is 0 Å². The number of ether oxygens (including phenoxy) is 1.